The van der Waals surface area contributed by atoms with Gasteiger partial charge in [-0.3, -0.25) is 4.79 Å². The largest absolute Gasteiger partial charge is 0.481 e. The van der Waals surface area contributed by atoms with E-state index in [-0.39, 0.29) is 5.91 Å². The van der Waals surface area contributed by atoms with Gasteiger partial charge in [-0.05, 0) is 49.1 Å². The van der Waals surface area contributed by atoms with Crippen molar-refractivity contribution >= 4 is 11.6 Å². The molecule has 0 aliphatic rings. The Balaban J connectivity index is 2.15. The first-order valence-corrected chi connectivity index (χ1v) is 7.99. The van der Waals surface area contributed by atoms with Crippen LogP contribution in [0.3, 0.4) is 0 Å². The summed E-state index contributed by atoms with van der Waals surface area (Å²) in [6.07, 6.45) is -0.670. The second-order valence-corrected chi connectivity index (χ2v) is 6.10. The van der Waals surface area contributed by atoms with Gasteiger partial charge in [0.2, 0.25) is 0 Å². The normalized spacial score (nSPS) is 11.7. The first-order chi connectivity index (χ1) is 11.4. The van der Waals surface area contributed by atoms with E-state index in [1.165, 1.54) is 0 Å². The van der Waals surface area contributed by atoms with Crippen LogP contribution >= 0.6 is 0 Å². The maximum atomic E-state index is 12.4. The molecule has 2 rings (SSSR count). The van der Waals surface area contributed by atoms with E-state index in [0.717, 1.165) is 16.9 Å². The number of nitriles is 1. The SMILES string of the molecule is Cc1ccc(C(C)C)c(OC(C)C(=O)Nc2ccccc2C#N)c1. The van der Waals surface area contributed by atoms with Crippen molar-refractivity contribution < 1.29 is 9.53 Å². The monoisotopic (exact) mass is 322 g/mol. The van der Waals surface area contributed by atoms with Crippen molar-refractivity contribution in [3.05, 3.63) is 59.2 Å². The highest BCUT2D eigenvalue weighted by molar-refractivity contribution is 5.95. The lowest BCUT2D eigenvalue weighted by molar-refractivity contribution is -0.122. The summed E-state index contributed by atoms with van der Waals surface area (Å²) in [5, 5.41) is 11.9. The number of ether oxygens (including phenoxy) is 1. The fourth-order valence-electron chi connectivity index (χ4n) is 2.39. The topological polar surface area (TPSA) is 62.1 Å². The summed E-state index contributed by atoms with van der Waals surface area (Å²) in [5.41, 5.74) is 3.07. The predicted molar refractivity (Wildman–Crippen MR) is 95.1 cm³/mol. The fraction of sp³-hybridized carbons (Fsp3) is 0.300. The molecule has 0 aromatic heterocycles. The molecule has 4 heteroatoms. The maximum Gasteiger partial charge on any atom is 0.265 e. The molecule has 0 spiro atoms. The van der Waals surface area contributed by atoms with E-state index in [1.54, 1.807) is 31.2 Å². The Kier molecular flexibility index (Phi) is 5.59. The number of rotatable bonds is 5. The van der Waals surface area contributed by atoms with Gasteiger partial charge in [0.1, 0.15) is 11.8 Å². The van der Waals surface area contributed by atoms with Crippen molar-refractivity contribution in [2.45, 2.75) is 39.7 Å². The summed E-state index contributed by atoms with van der Waals surface area (Å²) in [5.74, 6) is 0.741. The van der Waals surface area contributed by atoms with Crippen LogP contribution < -0.4 is 10.1 Å². The molecule has 0 aliphatic heterocycles. The molecule has 0 radical (unpaired) electrons. The zero-order valence-corrected chi connectivity index (χ0v) is 14.5. The number of carbonyl (C=O) groups excluding carboxylic acids is 1. The molecule has 1 atom stereocenters. The Bertz CT molecular complexity index is 775. The van der Waals surface area contributed by atoms with Crippen molar-refractivity contribution in [1.82, 2.24) is 0 Å². The minimum atomic E-state index is -0.670. The minimum Gasteiger partial charge on any atom is -0.481 e. The van der Waals surface area contributed by atoms with Gasteiger partial charge in [0.15, 0.2) is 6.10 Å². The van der Waals surface area contributed by atoms with Crippen LogP contribution in [0.4, 0.5) is 5.69 Å². The highest BCUT2D eigenvalue weighted by Gasteiger charge is 2.18. The molecule has 1 N–H and O–H groups in total. The molecule has 0 saturated carbocycles. The average molecular weight is 322 g/mol. The number of amides is 1. The van der Waals surface area contributed by atoms with E-state index in [9.17, 15) is 4.79 Å². The standard InChI is InChI=1S/C20H22N2O2/c1-13(2)17-10-9-14(3)11-19(17)24-15(4)20(23)22-18-8-6-5-7-16(18)12-21/h5-11,13,15H,1-4H3,(H,22,23). The Labute approximate surface area is 143 Å². The Morgan fingerprint density at radius 1 is 1.17 bits per heavy atom. The number of aryl methyl sites for hydroxylation is 1. The second kappa shape index (κ2) is 7.65. The Morgan fingerprint density at radius 3 is 2.54 bits per heavy atom. The molecule has 0 heterocycles. The molecule has 0 saturated heterocycles. The van der Waals surface area contributed by atoms with E-state index in [4.69, 9.17) is 10.00 Å². The van der Waals surface area contributed by atoms with Gasteiger partial charge in [0.25, 0.3) is 5.91 Å². The number of hydrogen-bond donors (Lipinski definition) is 1. The van der Waals surface area contributed by atoms with Gasteiger partial charge in [-0.2, -0.15) is 5.26 Å². The molecule has 0 bridgehead atoms. The highest BCUT2D eigenvalue weighted by Crippen LogP contribution is 2.28. The zero-order chi connectivity index (χ0) is 17.7. The molecule has 2 aromatic carbocycles. The molecule has 124 valence electrons. The molecule has 4 nitrogen and oxygen atoms in total. The molecular weight excluding hydrogens is 300 g/mol. The number of para-hydroxylation sites is 1. The van der Waals surface area contributed by atoms with Gasteiger partial charge in [-0.15, -0.1) is 0 Å². The summed E-state index contributed by atoms with van der Waals surface area (Å²) in [7, 11) is 0. The number of anilines is 1. The van der Waals surface area contributed by atoms with Crippen molar-refractivity contribution in [2.24, 2.45) is 0 Å². The van der Waals surface area contributed by atoms with Crippen LogP contribution in [0.15, 0.2) is 42.5 Å². The predicted octanol–water partition coefficient (Wildman–Crippen LogP) is 4.40. The van der Waals surface area contributed by atoms with Gasteiger partial charge >= 0.3 is 0 Å². The third kappa shape index (κ3) is 4.14. The maximum absolute atomic E-state index is 12.4. The molecule has 1 unspecified atom stereocenters. The van der Waals surface area contributed by atoms with E-state index in [2.05, 4.69) is 25.2 Å². The van der Waals surface area contributed by atoms with E-state index < -0.39 is 6.10 Å². The Morgan fingerprint density at radius 2 is 1.88 bits per heavy atom. The number of nitrogens with zero attached hydrogens (tertiary/aromatic N) is 1. The molecule has 0 aliphatic carbocycles. The van der Waals surface area contributed by atoms with Crippen LogP contribution in [-0.2, 0) is 4.79 Å². The van der Waals surface area contributed by atoms with Crippen molar-refractivity contribution in [3.8, 4) is 11.8 Å². The van der Waals surface area contributed by atoms with Crippen LogP contribution in [0, 0.1) is 18.3 Å². The summed E-state index contributed by atoms with van der Waals surface area (Å²) in [4.78, 5) is 12.4. The van der Waals surface area contributed by atoms with E-state index >= 15 is 0 Å². The number of benzene rings is 2. The highest BCUT2D eigenvalue weighted by atomic mass is 16.5. The first-order valence-electron chi connectivity index (χ1n) is 7.99. The number of hydrogen-bond acceptors (Lipinski definition) is 3. The summed E-state index contributed by atoms with van der Waals surface area (Å²) >= 11 is 0. The molecule has 1 amide bonds. The summed E-state index contributed by atoms with van der Waals surface area (Å²) in [6, 6.07) is 15.0. The first kappa shape index (κ1) is 17.6. The van der Waals surface area contributed by atoms with E-state index in [0.29, 0.717) is 17.2 Å². The smallest absolute Gasteiger partial charge is 0.265 e. The molecular formula is C20H22N2O2. The summed E-state index contributed by atoms with van der Waals surface area (Å²) < 4.78 is 5.90. The van der Waals surface area contributed by atoms with Gasteiger partial charge in [0, 0.05) is 0 Å². The van der Waals surface area contributed by atoms with Crippen molar-refractivity contribution in [1.29, 1.82) is 5.26 Å². The summed E-state index contributed by atoms with van der Waals surface area (Å²) in [6.45, 7) is 7.87. The van der Waals surface area contributed by atoms with Crippen LogP contribution in [0.25, 0.3) is 0 Å². The lowest BCUT2D eigenvalue weighted by Gasteiger charge is -2.19. The Hall–Kier alpha value is -2.80. The lowest BCUT2D eigenvalue weighted by atomic mass is 10.0. The van der Waals surface area contributed by atoms with Crippen LogP contribution in [-0.4, -0.2) is 12.0 Å². The lowest BCUT2D eigenvalue weighted by Crippen LogP contribution is -2.30. The zero-order valence-electron chi connectivity index (χ0n) is 14.5. The third-order valence-corrected chi connectivity index (χ3v) is 3.77. The quantitative estimate of drug-likeness (QED) is 0.887. The van der Waals surface area contributed by atoms with Gasteiger partial charge in [0.05, 0.1) is 11.3 Å². The molecule has 24 heavy (non-hydrogen) atoms. The second-order valence-electron chi connectivity index (χ2n) is 6.10. The molecule has 2 aromatic rings. The number of carbonyl (C=O) groups is 1. The van der Waals surface area contributed by atoms with Crippen LogP contribution in [0.1, 0.15) is 43.4 Å². The van der Waals surface area contributed by atoms with Gasteiger partial charge in [-0.1, -0.05) is 38.1 Å². The van der Waals surface area contributed by atoms with Crippen LogP contribution in [0.2, 0.25) is 0 Å². The fourth-order valence-corrected chi connectivity index (χ4v) is 2.39. The molecule has 0 fully saturated rings. The number of nitrogens with one attached hydrogen (secondary N) is 1. The van der Waals surface area contributed by atoms with Gasteiger partial charge < -0.3 is 10.1 Å². The van der Waals surface area contributed by atoms with Crippen molar-refractivity contribution in [2.75, 3.05) is 5.32 Å². The van der Waals surface area contributed by atoms with Crippen molar-refractivity contribution in [3.63, 3.8) is 0 Å². The third-order valence-electron chi connectivity index (χ3n) is 3.77. The van der Waals surface area contributed by atoms with Crippen LogP contribution in [0.5, 0.6) is 5.75 Å². The van der Waals surface area contributed by atoms with E-state index in [1.807, 2.05) is 25.1 Å². The average Bonchev–Trinajstić information content (AvgIpc) is 2.55. The van der Waals surface area contributed by atoms with Gasteiger partial charge in [-0.25, -0.2) is 0 Å². The minimum absolute atomic E-state index is 0.283.